The molecule has 0 unspecified atom stereocenters. The SMILES string of the molecule is CCOc1ccc(N2C(=O)C(Cl)=C(Nc3ccc(C(=O)Nc4ccc(OC(C)C)cc4)cc3)C2=O)cc1. The lowest BCUT2D eigenvalue weighted by Crippen LogP contribution is -2.32. The number of ether oxygens (including phenoxy) is 2. The summed E-state index contributed by atoms with van der Waals surface area (Å²) in [6, 6.07) is 20.2. The second-order valence-corrected chi connectivity index (χ2v) is 8.79. The van der Waals surface area contributed by atoms with Crippen LogP contribution in [0.3, 0.4) is 0 Å². The third-order valence-electron chi connectivity index (χ3n) is 5.33. The number of hydrogen-bond acceptors (Lipinski definition) is 6. The summed E-state index contributed by atoms with van der Waals surface area (Å²) >= 11 is 6.22. The Balaban J connectivity index is 1.41. The van der Waals surface area contributed by atoms with Crippen LogP contribution < -0.4 is 25.0 Å². The van der Waals surface area contributed by atoms with Gasteiger partial charge in [0, 0.05) is 16.9 Å². The van der Waals surface area contributed by atoms with Gasteiger partial charge in [0.25, 0.3) is 17.7 Å². The minimum absolute atomic E-state index is 0.0403. The number of carbonyl (C=O) groups excluding carboxylic acids is 3. The van der Waals surface area contributed by atoms with Crippen LogP contribution in [-0.4, -0.2) is 30.4 Å². The van der Waals surface area contributed by atoms with E-state index in [1.165, 1.54) is 0 Å². The Morgan fingerprint density at radius 3 is 2.05 bits per heavy atom. The van der Waals surface area contributed by atoms with Crippen LogP contribution in [0.4, 0.5) is 17.1 Å². The smallest absolute Gasteiger partial charge is 0.283 e. The van der Waals surface area contributed by atoms with Gasteiger partial charge in [0.2, 0.25) is 0 Å². The van der Waals surface area contributed by atoms with E-state index >= 15 is 0 Å². The number of nitrogens with zero attached hydrogens (tertiary/aromatic N) is 1. The highest BCUT2D eigenvalue weighted by molar-refractivity contribution is 6.53. The molecule has 0 fully saturated rings. The topological polar surface area (TPSA) is 97.0 Å². The summed E-state index contributed by atoms with van der Waals surface area (Å²) in [7, 11) is 0. The number of hydrogen-bond donors (Lipinski definition) is 2. The Bertz CT molecular complexity index is 1330. The molecule has 2 N–H and O–H groups in total. The number of rotatable bonds is 9. The number of benzene rings is 3. The Morgan fingerprint density at radius 1 is 0.865 bits per heavy atom. The van der Waals surface area contributed by atoms with E-state index in [1.54, 1.807) is 72.8 Å². The van der Waals surface area contributed by atoms with Crippen molar-refractivity contribution in [2.45, 2.75) is 26.9 Å². The Kier molecular flexibility index (Phi) is 7.79. The molecular weight excluding hydrogens is 494 g/mol. The largest absolute Gasteiger partial charge is 0.494 e. The number of anilines is 3. The average Bonchev–Trinajstić information content (AvgIpc) is 3.09. The predicted molar refractivity (Wildman–Crippen MR) is 143 cm³/mol. The van der Waals surface area contributed by atoms with Gasteiger partial charge < -0.3 is 20.1 Å². The molecule has 3 aromatic rings. The van der Waals surface area contributed by atoms with Crippen LogP contribution >= 0.6 is 11.6 Å². The van der Waals surface area contributed by atoms with Crippen LogP contribution in [0.1, 0.15) is 31.1 Å². The molecule has 0 radical (unpaired) electrons. The fourth-order valence-corrected chi connectivity index (χ4v) is 3.86. The summed E-state index contributed by atoms with van der Waals surface area (Å²) in [5.74, 6) is -0.151. The summed E-state index contributed by atoms with van der Waals surface area (Å²) in [6.07, 6.45) is 0.0612. The molecule has 0 spiro atoms. The second-order valence-electron chi connectivity index (χ2n) is 8.41. The maximum Gasteiger partial charge on any atom is 0.283 e. The highest BCUT2D eigenvalue weighted by atomic mass is 35.5. The van der Waals surface area contributed by atoms with Gasteiger partial charge >= 0.3 is 0 Å². The van der Waals surface area contributed by atoms with E-state index in [9.17, 15) is 14.4 Å². The molecule has 1 aliphatic rings. The zero-order valence-corrected chi connectivity index (χ0v) is 21.3. The minimum Gasteiger partial charge on any atom is -0.494 e. The molecule has 1 aliphatic heterocycles. The number of imide groups is 1. The van der Waals surface area contributed by atoms with Crippen LogP contribution in [0.2, 0.25) is 0 Å². The summed E-state index contributed by atoms with van der Waals surface area (Å²) < 4.78 is 11.0. The van der Waals surface area contributed by atoms with Crippen molar-refractivity contribution in [2.75, 3.05) is 22.1 Å². The third kappa shape index (κ3) is 5.92. The lowest BCUT2D eigenvalue weighted by Gasteiger charge is -2.15. The Morgan fingerprint density at radius 2 is 1.46 bits per heavy atom. The lowest BCUT2D eigenvalue weighted by molar-refractivity contribution is -0.120. The summed E-state index contributed by atoms with van der Waals surface area (Å²) in [4.78, 5) is 39.3. The predicted octanol–water partition coefficient (Wildman–Crippen LogP) is 5.56. The molecule has 3 amide bonds. The molecular formula is C28H26ClN3O5. The van der Waals surface area contributed by atoms with Gasteiger partial charge in [-0.3, -0.25) is 14.4 Å². The molecule has 0 aliphatic carbocycles. The first-order valence-electron chi connectivity index (χ1n) is 11.7. The highest BCUT2D eigenvalue weighted by Gasteiger charge is 2.39. The molecule has 0 saturated carbocycles. The lowest BCUT2D eigenvalue weighted by atomic mass is 10.2. The van der Waals surface area contributed by atoms with Gasteiger partial charge in [-0.15, -0.1) is 0 Å². The summed E-state index contributed by atoms with van der Waals surface area (Å²) in [5, 5.41) is 5.52. The van der Waals surface area contributed by atoms with E-state index in [0.29, 0.717) is 35.0 Å². The van der Waals surface area contributed by atoms with Crippen LogP contribution in [0.25, 0.3) is 0 Å². The van der Waals surface area contributed by atoms with Crippen molar-refractivity contribution in [2.24, 2.45) is 0 Å². The maximum atomic E-state index is 13.0. The quantitative estimate of drug-likeness (QED) is 0.359. The van der Waals surface area contributed by atoms with Crippen molar-refractivity contribution >= 4 is 46.4 Å². The van der Waals surface area contributed by atoms with Gasteiger partial charge in [-0.05, 0) is 93.6 Å². The molecule has 190 valence electrons. The van der Waals surface area contributed by atoms with E-state index in [2.05, 4.69) is 10.6 Å². The van der Waals surface area contributed by atoms with Gasteiger partial charge in [-0.1, -0.05) is 11.6 Å². The number of carbonyl (C=O) groups is 3. The van der Waals surface area contributed by atoms with Crippen molar-refractivity contribution in [3.8, 4) is 11.5 Å². The molecule has 9 heteroatoms. The minimum atomic E-state index is -0.626. The molecule has 0 saturated heterocycles. The van der Waals surface area contributed by atoms with E-state index in [0.717, 1.165) is 10.6 Å². The van der Waals surface area contributed by atoms with E-state index in [4.69, 9.17) is 21.1 Å². The first-order valence-corrected chi connectivity index (χ1v) is 12.1. The zero-order valence-electron chi connectivity index (χ0n) is 20.6. The van der Waals surface area contributed by atoms with E-state index < -0.39 is 11.8 Å². The van der Waals surface area contributed by atoms with Crippen molar-refractivity contribution in [3.05, 3.63) is 89.1 Å². The molecule has 0 bridgehead atoms. The Hall–Kier alpha value is -4.30. The van der Waals surface area contributed by atoms with Crippen LogP contribution in [-0.2, 0) is 9.59 Å². The molecule has 37 heavy (non-hydrogen) atoms. The third-order valence-corrected chi connectivity index (χ3v) is 5.68. The molecule has 3 aromatic carbocycles. The summed E-state index contributed by atoms with van der Waals surface area (Å²) in [6.45, 7) is 6.25. The van der Waals surface area contributed by atoms with Crippen LogP contribution in [0, 0.1) is 0 Å². The van der Waals surface area contributed by atoms with Gasteiger partial charge in [0.05, 0.1) is 18.4 Å². The van der Waals surface area contributed by atoms with E-state index in [-0.39, 0.29) is 22.7 Å². The fourth-order valence-electron chi connectivity index (χ4n) is 3.65. The van der Waals surface area contributed by atoms with E-state index in [1.807, 2.05) is 20.8 Å². The molecule has 1 heterocycles. The Labute approximate surface area is 219 Å². The molecule has 4 rings (SSSR count). The van der Waals surface area contributed by atoms with Crippen LogP contribution in [0.15, 0.2) is 83.5 Å². The fraction of sp³-hybridized carbons (Fsp3) is 0.179. The first kappa shape index (κ1) is 25.8. The normalized spacial score (nSPS) is 13.3. The highest BCUT2D eigenvalue weighted by Crippen LogP contribution is 2.31. The van der Waals surface area contributed by atoms with Crippen molar-refractivity contribution in [1.29, 1.82) is 0 Å². The molecule has 0 aromatic heterocycles. The number of halogens is 1. The summed E-state index contributed by atoms with van der Waals surface area (Å²) in [5.41, 5.74) is 1.88. The standard InChI is InChI=1S/C28H26ClN3O5/c1-4-36-22-15-11-21(12-16-22)32-27(34)24(29)25(28(32)35)30-19-7-5-18(6-8-19)26(33)31-20-9-13-23(14-10-20)37-17(2)3/h5-17,30H,4H2,1-3H3,(H,31,33). The first-order chi connectivity index (χ1) is 17.8. The van der Waals surface area contributed by atoms with Crippen molar-refractivity contribution in [1.82, 2.24) is 0 Å². The average molecular weight is 520 g/mol. The van der Waals surface area contributed by atoms with Gasteiger partial charge in [0.15, 0.2) is 0 Å². The van der Waals surface area contributed by atoms with Crippen molar-refractivity contribution < 1.29 is 23.9 Å². The van der Waals surface area contributed by atoms with Gasteiger partial charge in [-0.25, -0.2) is 4.90 Å². The molecule has 8 nitrogen and oxygen atoms in total. The number of nitrogens with one attached hydrogen (secondary N) is 2. The van der Waals surface area contributed by atoms with Crippen LogP contribution in [0.5, 0.6) is 11.5 Å². The zero-order chi connectivity index (χ0) is 26.5. The second kappa shape index (κ2) is 11.2. The monoisotopic (exact) mass is 519 g/mol. The van der Waals surface area contributed by atoms with Crippen molar-refractivity contribution in [3.63, 3.8) is 0 Å². The van der Waals surface area contributed by atoms with Gasteiger partial charge in [0.1, 0.15) is 22.2 Å². The van der Waals surface area contributed by atoms with Gasteiger partial charge in [-0.2, -0.15) is 0 Å². The number of amides is 3. The maximum absolute atomic E-state index is 13.0. The molecule has 0 atom stereocenters.